The summed E-state index contributed by atoms with van der Waals surface area (Å²) in [4.78, 5) is 11.4. The molecule has 1 aromatic rings. The molecular weight excluding hydrogens is 290 g/mol. The van der Waals surface area contributed by atoms with Gasteiger partial charge in [0.2, 0.25) is 15.9 Å². The fourth-order valence-electron chi connectivity index (χ4n) is 2.52. The number of carbonyl (C=O) groups excluding carboxylic acids is 1. The number of rotatable bonds is 5. The summed E-state index contributed by atoms with van der Waals surface area (Å²) in [7, 11) is -3.49. The number of piperidine rings is 1. The molecule has 1 aliphatic rings. The predicted octanol–water partition coefficient (Wildman–Crippen LogP) is 0.0738. The number of primary amides is 1. The Morgan fingerprint density at radius 3 is 2.24 bits per heavy atom. The van der Waals surface area contributed by atoms with Crippen molar-refractivity contribution in [3.8, 4) is 0 Å². The highest BCUT2D eigenvalue weighted by Crippen LogP contribution is 2.23. The van der Waals surface area contributed by atoms with Gasteiger partial charge in [-0.05, 0) is 43.5 Å². The molecule has 0 atom stereocenters. The fraction of sp³-hybridized carbons (Fsp3) is 0.500. The number of sulfonamides is 1. The molecule has 1 amide bonds. The lowest BCUT2D eigenvalue weighted by Gasteiger charge is -2.29. The van der Waals surface area contributed by atoms with Crippen LogP contribution in [0.4, 0.5) is 0 Å². The second-order valence-electron chi connectivity index (χ2n) is 5.26. The molecule has 1 aliphatic heterocycles. The molecule has 4 N–H and O–H groups in total. The van der Waals surface area contributed by atoms with Gasteiger partial charge in [0.05, 0.1) is 4.90 Å². The lowest BCUT2D eigenvalue weighted by molar-refractivity contribution is -0.122. The van der Waals surface area contributed by atoms with Gasteiger partial charge in [0, 0.05) is 19.0 Å². The Morgan fingerprint density at radius 1 is 1.19 bits per heavy atom. The summed E-state index contributed by atoms with van der Waals surface area (Å²) >= 11 is 0. The molecule has 0 aromatic heterocycles. The number of amides is 1. The Morgan fingerprint density at radius 2 is 1.76 bits per heavy atom. The van der Waals surface area contributed by atoms with Crippen LogP contribution in [-0.2, 0) is 21.2 Å². The second kappa shape index (κ2) is 6.55. The average molecular weight is 311 g/mol. The SMILES string of the molecule is NCCc1ccc(S(=O)(=O)N2CCC(C(N)=O)CC2)cc1. The normalized spacial score (nSPS) is 17.8. The Bertz CT molecular complexity index is 590. The summed E-state index contributed by atoms with van der Waals surface area (Å²) in [6, 6.07) is 6.80. The van der Waals surface area contributed by atoms with E-state index in [1.54, 1.807) is 24.3 Å². The van der Waals surface area contributed by atoms with Crippen LogP contribution in [0.25, 0.3) is 0 Å². The van der Waals surface area contributed by atoms with E-state index in [0.717, 1.165) is 12.0 Å². The van der Waals surface area contributed by atoms with Crippen LogP contribution in [0.1, 0.15) is 18.4 Å². The van der Waals surface area contributed by atoms with E-state index in [0.29, 0.717) is 32.5 Å². The van der Waals surface area contributed by atoms with Crippen molar-refractivity contribution < 1.29 is 13.2 Å². The maximum atomic E-state index is 12.5. The van der Waals surface area contributed by atoms with Crippen LogP contribution in [0, 0.1) is 5.92 Å². The zero-order chi connectivity index (χ0) is 15.5. The topological polar surface area (TPSA) is 106 Å². The molecule has 6 nitrogen and oxygen atoms in total. The van der Waals surface area contributed by atoms with Gasteiger partial charge in [-0.15, -0.1) is 0 Å². The fourth-order valence-corrected chi connectivity index (χ4v) is 3.99. The van der Waals surface area contributed by atoms with Gasteiger partial charge in [-0.2, -0.15) is 4.31 Å². The molecule has 0 aliphatic carbocycles. The van der Waals surface area contributed by atoms with Crippen LogP contribution >= 0.6 is 0 Å². The third kappa shape index (κ3) is 3.61. The first-order valence-corrected chi connectivity index (χ1v) is 8.47. The highest BCUT2D eigenvalue weighted by Gasteiger charge is 2.31. The molecule has 0 bridgehead atoms. The van der Waals surface area contributed by atoms with Gasteiger partial charge in [-0.25, -0.2) is 8.42 Å². The van der Waals surface area contributed by atoms with Crippen molar-refractivity contribution in [3.63, 3.8) is 0 Å². The number of nitrogens with two attached hydrogens (primary N) is 2. The number of hydrogen-bond donors (Lipinski definition) is 2. The minimum absolute atomic E-state index is 0.219. The molecule has 0 unspecified atom stereocenters. The highest BCUT2D eigenvalue weighted by molar-refractivity contribution is 7.89. The Kier molecular flexibility index (Phi) is 4.97. The first-order valence-electron chi connectivity index (χ1n) is 7.03. The molecule has 2 rings (SSSR count). The standard InChI is InChI=1S/C14H21N3O3S/c15-8-5-11-1-3-13(4-2-11)21(19,20)17-9-6-12(7-10-17)14(16)18/h1-4,12H,5-10,15H2,(H2,16,18). The number of hydrogen-bond acceptors (Lipinski definition) is 4. The lowest BCUT2D eigenvalue weighted by Crippen LogP contribution is -2.41. The summed E-state index contributed by atoms with van der Waals surface area (Å²) in [5, 5.41) is 0. The predicted molar refractivity (Wildman–Crippen MR) is 79.9 cm³/mol. The average Bonchev–Trinajstić information content (AvgIpc) is 2.48. The summed E-state index contributed by atoms with van der Waals surface area (Å²) in [6.45, 7) is 1.20. The number of benzene rings is 1. The van der Waals surface area contributed by atoms with E-state index in [1.165, 1.54) is 4.31 Å². The first-order chi connectivity index (χ1) is 9.95. The molecule has 0 spiro atoms. The van der Waals surface area contributed by atoms with Crippen molar-refractivity contribution >= 4 is 15.9 Å². The summed E-state index contributed by atoms with van der Waals surface area (Å²) in [5.41, 5.74) is 11.8. The third-order valence-corrected chi connectivity index (χ3v) is 5.76. The maximum Gasteiger partial charge on any atom is 0.243 e. The van der Waals surface area contributed by atoms with E-state index in [2.05, 4.69) is 0 Å². The lowest BCUT2D eigenvalue weighted by atomic mass is 9.98. The van der Waals surface area contributed by atoms with Gasteiger partial charge in [0.15, 0.2) is 0 Å². The van der Waals surface area contributed by atoms with E-state index in [-0.39, 0.29) is 16.7 Å². The van der Waals surface area contributed by atoms with Crippen molar-refractivity contribution in [3.05, 3.63) is 29.8 Å². The monoisotopic (exact) mass is 311 g/mol. The van der Waals surface area contributed by atoms with Gasteiger partial charge in [0.1, 0.15) is 0 Å². The van der Waals surface area contributed by atoms with Crippen LogP contribution in [0.2, 0.25) is 0 Å². The third-order valence-electron chi connectivity index (χ3n) is 3.85. The van der Waals surface area contributed by atoms with E-state index in [4.69, 9.17) is 11.5 Å². The molecular formula is C14H21N3O3S. The molecule has 1 heterocycles. The minimum Gasteiger partial charge on any atom is -0.369 e. The molecule has 0 radical (unpaired) electrons. The van der Waals surface area contributed by atoms with Crippen molar-refractivity contribution in [1.29, 1.82) is 0 Å². The van der Waals surface area contributed by atoms with Gasteiger partial charge >= 0.3 is 0 Å². The smallest absolute Gasteiger partial charge is 0.243 e. The molecule has 1 aromatic carbocycles. The van der Waals surface area contributed by atoms with Crippen molar-refractivity contribution in [2.45, 2.75) is 24.2 Å². The van der Waals surface area contributed by atoms with Crippen LogP contribution in [-0.4, -0.2) is 38.3 Å². The maximum absolute atomic E-state index is 12.5. The van der Waals surface area contributed by atoms with Gasteiger partial charge in [0.25, 0.3) is 0 Å². The van der Waals surface area contributed by atoms with E-state index < -0.39 is 10.0 Å². The molecule has 1 fully saturated rings. The Labute approximate surface area is 125 Å². The minimum atomic E-state index is -3.49. The molecule has 116 valence electrons. The first kappa shape index (κ1) is 15.9. The van der Waals surface area contributed by atoms with Crippen molar-refractivity contribution in [1.82, 2.24) is 4.31 Å². The molecule has 21 heavy (non-hydrogen) atoms. The quantitative estimate of drug-likeness (QED) is 0.802. The summed E-state index contributed by atoms with van der Waals surface area (Å²) in [6.07, 6.45) is 1.70. The molecule has 7 heteroatoms. The van der Waals surface area contributed by atoms with E-state index in [9.17, 15) is 13.2 Å². The largest absolute Gasteiger partial charge is 0.369 e. The number of nitrogens with zero attached hydrogens (tertiary/aromatic N) is 1. The second-order valence-corrected chi connectivity index (χ2v) is 7.20. The zero-order valence-electron chi connectivity index (χ0n) is 11.9. The van der Waals surface area contributed by atoms with Crippen LogP contribution in [0.5, 0.6) is 0 Å². The van der Waals surface area contributed by atoms with E-state index in [1.807, 2.05) is 0 Å². The molecule has 0 saturated carbocycles. The van der Waals surface area contributed by atoms with Crippen LogP contribution < -0.4 is 11.5 Å². The van der Waals surface area contributed by atoms with Gasteiger partial charge in [-0.1, -0.05) is 12.1 Å². The Hall–Kier alpha value is -1.44. The highest BCUT2D eigenvalue weighted by atomic mass is 32.2. The van der Waals surface area contributed by atoms with Gasteiger partial charge in [-0.3, -0.25) is 4.79 Å². The number of carbonyl (C=O) groups is 1. The zero-order valence-corrected chi connectivity index (χ0v) is 12.7. The molecule has 1 saturated heterocycles. The van der Waals surface area contributed by atoms with E-state index >= 15 is 0 Å². The summed E-state index contributed by atoms with van der Waals surface area (Å²) in [5.74, 6) is -0.568. The van der Waals surface area contributed by atoms with Crippen LogP contribution in [0.15, 0.2) is 29.2 Å². The summed E-state index contributed by atoms with van der Waals surface area (Å²) < 4.78 is 26.5. The van der Waals surface area contributed by atoms with Gasteiger partial charge < -0.3 is 11.5 Å². The van der Waals surface area contributed by atoms with Crippen LogP contribution in [0.3, 0.4) is 0 Å². The van der Waals surface area contributed by atoms with Crippen molar-refractivity contribution in [2.24, 2.45) is 17.4 Å². The van der Waals surface area contributed by atoms with Crippen molar-refractivity contribution in [2.75, 3.05) is 19.6 Å². The Balaban J connectivity index is 2.10.